The molecule has 2 N–H and O–H groups in total. The Kier molecular flexibility index (Phi) is 5.98. The van der Waals surface area contributed by atoms with Crippen molar-refractivity contribution in [2.24, 2.45) is 0 Å². The first-order valence-corrected chi connectivity index (χ1v) is 10.5. The zero-order chi connectivity index (χ0) is 21.9. The van der Waals surface area contributed by atoms with Gasteiger partial charge in [0.15, 0.2) is 5.78 Å². The molecule has 30 heavy (non-hydrogen) atoms. The van der Waals surface area contributed by atoms with E-state index >= 15 is 0 Å². The van der Waals surface area contributed by atoms with Gasteiger partial charge in [0.2, 0.25) is 0 Å². The Morgan fingerprint density at radius 1 is 0.900 bits per heavy atom. The van der Waals surface area contributed by atoms with Crippen LogP contribution < -0.4 is 10.0 Å². The largest absolute Gasteiger partial charge is 0.322 e. The Hall–Kier alpha value is -3.52. The Morgan fingerprint density at radius 2 is 1.60 bits per heavy atom. The molecule has 0 aliphatic carbocycles. The summed E-state index contributed by atoms with van der Waals surface area (Å²) >= 11 is 0. The normalized spacial score (nSPS) is 11.0. The number of hydrogen-bond donors (Lipinski definition) is 2. The smallest absolute Gasteiger partial charge is 0.261 e. The number of sulfonamides is 1. The lowest BCUT2D eigenvalue weighted by molar-refractivity contribution is 0.101. The van der Waals surface area contributed by atoms with Gasteiger partial charge in [-0.3, -0.25) is 14.3 Å². The molecule has 0 saturated carbocycles. The summed E-state index contributed by atoms with van der Waals surface area (Å²) in [6, 6.07) is 15.5. The van der Waals surface area contributed by atoms with Crippen LogP contribution in [0, 0.1) is 12.7 Å². The molecule has 0 aromatic heterocycles. The van der Waals surface area contributed by atoms with E-state index in [2.05, 4.69) is 10.0 Å². The molecule has 0 atom stereocenters. The summed E-state index contributed by atoms with van der Waals surface area (Å²) in [6.45, 7) is 3.11. The predicted molar refractivity (Wildman–Crippen MR) is 113 cm³/mol. The van der Waals surface area contributed by atoms with Crippen LogP contribution in [-0.2, 0) is 10.0 Å². The van der Waals surface area contributed by atoms with Crippen LogP contribution in [0.25, 0.3) is 0 Å². The van der Waals surface area contributed by atoms with Gasteiger partial charge in [-0.05, 0) is 67.9 Å². The number of benzene rings is 3. The van der Waals surface area contributed by atoms with Crippen molar-refractivity contribution in [2.45, 2.75) is 18.7 Å². The van der Waals surface area contributed by atoms with Gasteiger partial charge in [-0.25, -0.2) is 12.8 Å². The van der Waals surface area contributed by atoms with Gasteiger partial charge in [0.25, 0.3) is 15.9 Å². The van der Waals surface area contributed by atoms with Crippen molar-refractivity contribution in [3.63, 3.8) is 0 Å². The molecule has 3 rings (SSSR count). The topological polar surface area (TPSA) is 92.3 Å². The minimum absolute atomic E-state index is 0.111. The zero-order valence-corrected chi connectivity index (χ0v) is 17.1. The maximum Gasteiger partial charge on any atom is 0.261 e. The van der Waals surface area contributed by atoms with Crippen molar-refractivity contribution in [1.82, 2.24) is 0 Å². The SMILES string of the molecule is CC(=O)c1cccc(NC(=O)c2cc(S(=O)(=O)Nc3ccc(F)cc3)ccc2C)c1. The summed E-state index contributed by atoms with van der Waals surface area (Å²) in [4.78, 5) is 24.2. The van der Waals surface area contributed by atoms with Crippen molar-refractivity contribution in [3.05, 3.63) is 89.2 Å². The van der Waals surface area contributed by atoms with Gasteiger partial charge in [0.05, 0.1) is 4.90 Å². The summed E-state index contributed by atoms with van der Waals surface area (Å²) in [5, 5.41) is 2.68. The first-order valence-electron chi connectivity index (χ1n) is 8.97. The van der Waals surface area contributed by atoms with E-state index in [9.17, 15) is 22.4 Å². The molecule has 1 amide bonds. The fraction of sp³-hybridized carbons (Fsp3) is 0.0909. The number of Topliss-reactive ketones (excluding diaryl/α,β-unsaturated/α-hetero) is 1. The molecule has 0 aliphatic heterocycles. The fourth-order valence-corrected chi connectivity index (χ4v) is 3.84. The quantitative estimate of drug-likeness (QED) is 0.572. The zero-order valence-electron chi connectivity index (χ0n) is 16.3. The number of carbonyl (C=O) groups is 2. The number of halogens is 1. The average Bonchev–Trinajstić information content (AvgIpc) is 2.70. The molecule has 3 aromatic carbocycles. The Bertz CT molecular complexity index is 1220. The summed E-state index contributed by atoms with van der Waals surface area (Å²) in [5.74, 6) is -1.13. The van der Waals surface area contributed by atoms with Gasteiger partial charge >= 0.3 is 0 Å². The average molecular weight is 426 g/mol. The highest BCUT2D eigenvalue weighted by Crippen LogP contribution is 2.21. The number of aryl methyl sites for hydroxylation is 1. The first kappa shape index (κ1) is 21.2. The third kappa shape index (κ3) is 4.90. The molecular formula is C22H19FN2O4S. The third-order valence-electron chi connectivity index (χ3n) is 4.39. The van der Waals surface area contributed by atoms with Crippen molar-refractivity contribution in [3.8, 4) is 0 Å². The van der Waals surface area contributed by atoms with E-state index in [1.54, 1.807) is 31.2 Å². The van der Waals surface area contributed by atoms with E-state index in [0.717, 1.165) is 12.1 Å². The first-order chi connectivity index (χ1) is 14.2. The van der Waals surface area contributed by atoms with Crippen LogP contribution in [0.1, 0.15) is 33.2 Å². The van der Waals surface area contributed by atoms with Crippen molar-refractivity contribution in [2.75, 3.05) is 10.0 Å². The molecule has 0 saturated heterocycles. The van der Waals surface area contributed by atoms with E-state index < -0.39 is 21.7 Å². The van der Waals surface area contributed by atoms with Gasteiger partial charge in [-0.1, -0.05) is 18.2 Å². The lowest BCUT2D eigenvalue weighted by Gasteiger charge is -2.12. The predicted octanol–water partition coefficient (Wildman–Crippen LogP) is 4.39. The van der Waals surface area contributed by atoms with Gasteiger partial charge in [0.1, 0.15) is 5.82 Å². The lowest BCUT2D eigenvalue weighted by atomic mass is 10.1. The number of carbonyl (C=O) groups excluding carboxylic acids is 2. The van der Waals surface area contributed by atoms with Crippen LogP contribution in [0.2, 0.25) is 0 Å². The summed E-state index contributed by atoms with van der Waals surface area (Å²) in [5.41, 5.74) is 1.82. The number of rotatable bonds is 6. The van der Waals surface area contributed by atoms with E-state index in [-0.39, 0.29) is 21.9 Å². The maximum absolute atomic E-state index is 13.0. The van der Waals surface area contributed by atoms with E-state index in [1.807, 2.05) is 0 Å². The van der Waals surface area contributed by atoms with Crippen LogP contribution in [0.3, 0.4) is 0 Å². The number of nitrogens with one attached hydrogen (secondary N) is 2. The Balaban J connectivity index is 1.87. The summed E-state index contributed by atoms with van der Waals surface area (Å²) < 4.78 is 40.7. The van der Waals surface area contributed by atoms with E-state index in [1.165, 1.54) is 37.3 Å². The molecule has 8 heteroatoms. The molecule has 154 valence electrons. The second kappa shape index (κ2) is 8.46. The highest BCUT2D eigenvalue weighted by Gasteiger charge is 2.19. The second-order valence-electron chi connectivity index (χ2n) is 6.68. The minimum Gasteiger partial charge on any atom is -0.322 e. The molecule has 0 heterocycles. The molecule has 0 spiro atoms. The fourth-order valence-electron chi connectivity index (χ4n) is 2.76. The van der Waals surface area contributed by atoms with Crippen molar-refractivity contribution >= 4 is 33.1 Å². The summed E-state index contributed by atoms with van der Waals surface area (Å²) in [6.07, 6.45) is 0. The number of anilines is 2. The third-order valence-corrected chi connectivity index (χ3v) is 5.77. The molecule has 6 nitrogen and oxygen atoms in total. The van der Waals surface area contributed by atoms with E-state index in [4.69, 9.17) is 0 Å². The number of ketones is 1. The lowest BCUT2D eigenvalue weighted by Crippen LogP contribution is -2.17. The number of amides is 1. The summed E-state index contributed by atoms with van der Waals surface area (Å²) in [7, 11) is -3.99. The molecule has 0 aliphatic rings. The van der Waals surface area contributed by atoms with Crippen LogP contribution in [0.5, 0.6) is 0 Å². The molecule has 0 radical (unpaired) electrons. The molecule has 3 aromatic rings. The highest BCUT2D eigenvalue weighted by molar-refractivity contribution is 7.92. The Labute approximate surface area is 173 Å². The van der Waals surface area contributed by atoms with Crippen molar-refractivity contribution in [1.29, 1.82) is 0 Å². The van der Waals surface area contributed by atoms with Crippen LogP contribution in [0.4, 0.5) is 15.8 Å². The maximum atomic E-state index is 13.0. The standard InChI is InChI=1S/C22H19FN2O4S/c1-14-6-11-20(30(28,29)25-18-9-7-17(23)8-10-18)13-21(14)22(27)24-19-5-3-4-16(12-19)15(2)26/h3-13,25H,1-2H3,(H,24,27). The monoisotopic (exact) mass is 426 g/mol. The second-order valence-corrected chi connectivity index (χ2v) is 8.36. The number of hydrogen-bond acceptors (Lipinski definition) is 4. The van der Waals surface area contributed by atoms with Crippen molar-refractivity contribution < 1.29 is 22.4 Å². The van der Waals surface area contributed by atoms with Crippen LogP contribution in [-0.4, -0.2) is 20.1 Å². The Morgan fingerprint density at radius 3 is 2.27 bits per heavy atom. The van der Waals surface area contributed by atoms with Gasteiger partial charge in [0, 0.05) is 22.5 Å². The van der Waals surface area contributed by atoms with Crippen LogP contribution >= 0.6 is 0 Å². The van der Waals surface area contributed by atoms with Gasteiger partial charge in [-0.15, -0.1) is 0 Å². The highest BCUT2D eigenvalue weighted by atomic mass is 32.2. The van der Waals surface area contributed by atoms with E-state index in [0.29, 0.717) is 16.8 Å². The van der Waals surface area contributed by atoms with Gasteiger partial charge < -0.3 is 5.32 Å². The molecule has 0 fully saturated rings. The molecular weight excluding hydrogens is 407 g/mol. The molecule has 0 unspecified atom stereocenters. The van der Waals surface area contributed by atoms with Crippen LogP contribution in [0.15, 0.2) is 71.6 Å². The van der Waals surface area contributed by atoms with Gasteiger partial charge in [-0.2, -0.15) is 0 Å². The minimum atomic E-state index is -3.99. The molecule has 0 bridgehead atoms.